The Morgan fingerprint density at radius 3 is 2.39 bits per heavy atom. The fourth-order valence-electron chi connectivity index (χ4n) is 3.23. The summed E-state index contributed by atoms with van der Waals surface area (Å²) in [6, 6.07) is 17.0. The summed E-state index contributed by atoms with van der Waals surface area (Å²) in [5, 5.41) is 4.30. The summed E-state index contributed by atoms with van der Waals surface area (Å²) in [7, 11) is 0. The summed E-state index contributed by atoms with van der Waals surface area (Å²) in [6.07, 6.45) is 4.44. The van der Waals surface area contributed by atoms with Crippen molar-refractivity contribution in [3.05, 3.63) is 110 Å². The van der Waals surface area contributed by atoms with E-state index in [1.165, 1.54) is 0 Å². The van der Waals surface area contributed by atoms with Crippen LogP contribution < -0.4 is 15.6 Å². The van der Waals surface area contributed by atoms with Crippen molar-refractivity contribution in [3.8, 4) is 11.5 Å². The van der Waals surface area contributed by atoms with E-state index in [0.29, 0.717) is 29.6 Å². The molecule has 0 unspecified atom stereocenters. The Labute approximate surface area is 201 Å². The third kappa shape index (κ3) is 6.34. The summed E-state index contributed by atoms with van der Waals surface area (Å²) in [5.74, 6) is 1.94. The molecule has 0 saturated heterocycles. The molecule has 0 amide bonds. The third-order valence-electron chi connectivity index (χ3n) is 5.05. The quantitative estimate of drug-likeness (QED) is 0.310. The molecule has 2 aromatic heterocycles. The number of aryl methyl sites for hydroxylation is 1. The molecular weight excluding hydrogens is 459 g/mol. The Kier molecular flexibility index (Phi) is 7.27. The van der Waals surface area contributed by atoms with Crippen molar-refractivity contribution >= 4 is 29.2 Å². The van der Waals surface area contributed by atoms with Gasteiger partial charge in [0, 0.05) is 35.9 Å². The lowest BCUT2D eigenvalue weighted by molar-refractivity contribution is 0.482. The topological polar surface area (TPSA) is 79.9 Å². The van der Waals surface area contributed by atoms with E-state index in [1.807, 2.05) is 55.5 Å². The van der Waals surface area contributed by atoms with E-state index in [2.05, 4.69) is 20.3 Å². The summed E-state index contributed by atoms with van der Waals surface area (Å²) in [6.45, 7) is 2.57. The van der Waals surface area contributed by atoms with Gasteiger partial charge in [-0.3, -0.25) is 9.78 Å². The van der Waals surface area contributed by atoms with Crippen LogP contribution in [0.2, 0.25) is 10.2 Å². The third-order valence-corrected chi connectivity index (χ3v) is 5.70. The molecule has 0 aliphatic carbocycles. The Morgan fingerprint density at radius 2 is 1.70 bits per heavy atom. The summed E-state index contributed by atoms with van der Waals surface area (Å²) < 4.78 is 5.88. The first-order valence-corrected chi connectivity index (χ1v) is 11.2. The molecule has 0 fully saturated rings. The smallest absolute Gasteiger partial charge is 0.255 e. The molecule has 33 heavy (non-hydrogen) atoms. The normalized spacial score (nSPS) is 10.8. The second-order valence-corrected chi connectivity index (χ2v) is 8.38. The molecule has 0 atom stereocenters. The first kappa shape index (κ1) is 22.8. The molecule has 2 heterocycles. The van der Waals surface area contributed by atoms with Gasteiger partial charge in [-0.05, 0) is 66.4 Å². The molecule has 4 aromatic rings. The molecule has 6 nitrogen and oxygen atoms in total. The maximum Gasteiger partial charge on any atom is 0.255 e. The lowest BCUT2D eigenvalue weighted by Gasteiger charge is -2.09. The van der Waals surface area contributed by atoms with Crippen LogP contribution >= 0.6 is 23.2 Å². The number of nitrogens with zero attached hydrogens (tertiary/aromatic N) is 2. The van der Waals surface area contributed by atoms with Gasteiger partial charge in [0.15, 0.2) is 0 Å². The van der Waals surface area contributed by atoms with Crippen molar-refractivity contribution in [1.82, 2.24) is 15.0 Å². The highest BCUT2D eigenvalue weighted by Gasteiger charge is 2.05. The van der Waals surface area contributed by atoms with E-state index in [9.17, 15) is 4.79 Å². The van der Waals surface area contributed by atoms with E-state index in [4.69, 9.17) is 27.9 Å². The first-order valence-electron chi connectivity index (χ1n) is 10.4. The monoisotopic (exact) mass is 480 g/mol. The molecule has 4 rings (SSSR count). The average molecular weight is 481 g/mol. The van der Waals surface area contributed by atoms with Gasteiger partial charge < -0.3 is 10.1 Å². The van der Waals surface area contributed by atoms with Gasteiger partial charge in [-0.2, -0.15) is 0 Å². The van der Waals surface area contributed by atoms with Gasteiger partial charge in [-0.15, -0.1) is 0 Å². The van der Waals surface area contributed by atoms with E-state index in [1.54, 1.807) is 18.5 Å². The van der Waals surface area contributed by atoms with Crippen LogP contribution in [0.25, 0.3) is 0 Å². The van der Waals surface area contributed by atoms with Crippen LogP contribution in [-0.4, -0.2) is 21.5 Å². The minimum Gasteiger partial charge on any atom is -0.457 e. The Bertz CT molecular complexity index is 1290. The highest BCUT2D eigenvalue weighted by Crippen LogP contribution is 2.26. The zero-order valence-electron chi connectivity index (χ0n) is 17.9. The zero-order chi connectivity index (χ0) is 23.2. The van der Waals surface area contributed by atoms with Crippen LogP contribution in [0, 0.1) is 6.92 Å². The van der Waals surface area contributed by atoms with Gasteiger partial charge in [-0.25, -0.2) is 9.97 Å². The van der Waals surface area contributed by atoms with E-state index in [-0.39, 0.29) is 5.56 Å². The first-order chi connectivity index (χ1) is 16.0. The molecule has 2 aromatic carbocycles. The largest absolute Gasteiger partial charge is 0.457 e. The van der Waals surface area contributed by atoms with Crippen molar-refractivity contribution in [3.63, 3.8) is 0 Å². The number of rotatable bonds is 8. The van der Waals surface area contributed by atoms with Gasteiger partial charge in [0.05, 0.1) is 0 Å². The van der Waals surface area contributed by atoms with E-state index in [0.717, 1.165) is 39.6 Å². The number of aromatic amines is 1. The number of hydrogen-bond donors (Lipinski definition) is 2. The standard InChI is InChI=1S/C25H22Cl2N4O2/c1-16-12-21(7-8-22(16)26)33-20-5-2-17(3-6-20)10-11-28-25-30-15-19(24(32)31-25)13-18-4-9-23(27)29-14-18/h2-9,12,14-15H,10-11,13H2,1H3,(H2,28,30,31,32). The molecule has 0 bridgehead atoms. The summed E-state index contributed by atoms with van der Waals surface area (Å²) >= 11 is 11.9. The minimum absolute atomic E-state index is 0.179. The summed E-state index contributed by atoms with van der Waals surface area (Å²) in [4.78, 5) is 23.5. The van der Waals surface area contributed by atoms with Crippen LogP contribution in [0.3, 0.4) is 0 Å². The van der Waals surface area contributed by atoms with Gasteiger partial charge in [0.2, 0.25) is 5.95 Å². The lowest BCUT2D eigenvalue weighted by atomic mass is 10.1. The Hall–Kier alpha value is -3.35. The Morgan fingerprint density at radius 1 is 0.939 bits per heavy atom. The second-order valence-electron chi connectivity index (χ2n) is 7.59. The minimum atomic E-state index is -0.179. The van der Waals surface area contributed by atoms with Crippen molar-refractivity contribution in [1.29, 1.82) is 0 Å². The van der Waals surface area contributed by atoms with Crippen LogP contribution in [-0.2, 0) is 12.8 Å². The average Bonchev–Trinajstić information content (AvgIpc) is 2.81. The maximum atomic E-state index is 12.4. The van der Waals surface area contributed by atoms with E-state index < -0.39 is 0 Å². The highest BCUT2D eigenvalue weighted by atomic mass is 35.5. The van der Waals surface area contributed by atoms with Crippen molar-refractivity contribution in [2.24, 2.45) is 0 Å². The van der Waals surface area contributed by atoms with Gasteiger partial charge in [0.1, 0.15) is 16.7 Å². The fraction of sp³-hybridized carbons (Fsp3) is 0.160. The SMILES string of the molecule is Cc1cc(Oc2ccc(CCNc3ncc(Cc4ccc(Cl)nc4)c(=O)[nH]3)cc2)ccc1Cl. The molecule has 0 saturated carbocycles. The molecule has 168 valence electrons. The number of anilines is 1. The van der Waals surface area contributed by atoms with Gasteiger partial charge >= 0.3 is 0 Å². The lowest BCUT2D eigenvalue weighted by Crippen LogP contribution is -2.18. The van der Waals surface area contributed by atoms with Crippen molar-refractivity contribution in [2.75, 3.05) is 11.9 Å². The fourth-order valence-corrected chi connectivity index (χ4v) is 3.46. The Balaban J connectivity index is 1.29. The van der Waals surface area contributed by atoms with Gasteiger partial charge in [0.25, 0.3) is 5.56 Å². The number of H-pyrrole nitrogens is 1. The van der Waals surface area contributed by atoms with Gasteiger partial charge in [-0.1, -0.05) is 41.4 Å². The van der Waals surface area contributed by atoms with Crippen LogP contribution in [0.15, 0.2) is 71.8 Å². The molecular formula is C25H22Cl2N4O2. The predicted octanol–water partition coefficient (Wildman–Crippen LogP) is 5.82. The van der Waals surface area contributed by atoms with Crippen molar-refractivity contribution < 1.29 is 4.74 Å². The number of halogens is 2. The molecule has 0 spiro atoms. The van der Waals surface area contributed by atoms with Crippen molar-refractivity contribution in [2.45, 2.75) is 19.8 Å². The number of hydrogen-bond acceptors (Lipinski definition) is 5. The number of nitrogens with one attached hydrogen (secondary N) is 2. The number of pyridine rings is 1. The van der Waals surface area contributed by atoms with Crippen LogP contribution in [0.5, 0.6) is 11.5 Å². The van der Waals surface area contributed by atoms with Crippen LogP contribution in [0.1, 0.15) is 22.3 Å². The van der Waals surface area contributed by atoms with E-state index >= 15 is 0 Å². The maximum absolute atomic E-state index is 12.4. The molecule has 0 aliphatic heterocycles. The number of ether oxygens (including phenoxy) is 1. The van der Waals surface area contributed by atoms with Crippen LogP contribution in [0.4, 0.5) is 5.95 Å². The molecule has 2 N–H and O–H groups in total. The molecule has 0 aliphatic rings. The molecule has 8 heteroatoms. The number of benzene rings is 2. The highest BCUT2D eigenvalue weighted by molar-refractivity contribution is 6.31. The molecule has 0 radical (unpaired) electrons. The summed E-state index contributed by atoms with van der Waals surface area (Å²) in [5.41, 5.74) is 3.39. The predicted molar refractivity (Wildman–Crippen MR) is 132 cm³/mol. The zero-order valence-corrected chi connectivity index (χ0v) is 19.5. The second kappa shape index (κ2) is 10.5. The number of aromatic nitrogens is 3.